The molecule has 0 unspecified atom stereocenters. The molecule has 25 heavy (non-hydrogen) atoms. The molecule has 1 fully saturated rings. The average molecular weight is 336 g/mol. The zero-order chi connectivity index (χ0) is 18.0. The molecule has 2 amide bonds. The quantitative estimate of drug-likeness (QED) is 0.922. The molecule has 130 valence electrons. The summed E-state index contributed by atoms with van der Waals surface area (Å²) in [5.74, 6) is -0.400. The van der Waals surface area contributed by atoms with E-state index in [1.165, 1.54) is 5.56 Å². The number of carbonyl (C=O) groups excluding carboxylic acids is 2. The van der Waals surface area contributed by atoms with Crippen LogP contribution >= 0.6 is 0 Å². The lowest BCUT2D eigenvalue weighted by Gasteiger charge is -2.18. The standard InChI is InChI=1S/C21H24N2O2/c1-4-16-8-6-9-18(11-16)23-13-17(12-20(23)24)21(25)22-19-10-5-7-14(2)15(19)3/h5-11,17H,4,12-13H2,1-3H3,(H,22,25)/t17-/m1/s1. The molecule has 0 bridgehead atoms. The van der Waals surface area contributed by atoms with Gasteiger partial charge >= 0.3 is 0 Å². The van der Waals surface area contributed by atoms with E-state index in [1.54, 1.807) is 4.90 Å². The van der Waals surface area contributed by atoms with E-state index in [2.05, 4.69) is 18.3 Å². The number of rotatable bonds is 4. The minimum Gasteiger partial charge on any atom is -0.326 e. The van der Waals surface area contributed by atoms with Crippen LogP contribution in [0.25, 0.3) is 0 Å². The normalized spacial score (nSPS) is 17.0. The van der Waals surface area contributed by atoms with Gasteiger partial charge in [-0.2, -0.15) is 0 Å². The Morgan fingerprint density at radius 3 is 2.72 bits per heavy atom. The van der Waals surface area contributed by atoms with Crippen molar-refractivity contribution < 1.29 is 9.59 Å². The van der Waals surface area contributed by atoms with Crippen LogP contribution in [0.4, 0.5) is 11.4 Å². The summed E-state index contributed by atoms with van der Waals surface area (Å²) in [5.41, 5.74) is 5.09. The smallest absolute Gasteiger partial charge is 0.229 e. The zero-order valence-electron chi connectivity index (χ0n) is 15.0. The third kappa shape index (κ3) is 3.58. The second-order valence-corrected chi connectivity index (χ2v) is 6.67. The SMILES string of the molecule is CCc1cccc(N2C[C@H](C(=O)Nc3cccc(C)c3C)CC2=O)c1. The van der Waals surface area contributed by atoms with E-state index < -0.39 is 0 Å². The van der Waals surface area contributed by atoms with Gasteiger partial charge in [-0.25, -0.2) is 0 Å². The predicted molar refractivity (Wildman–Crippen MR) is 101 cm³/mol. The van der Waals surface area contributed by atoms with E-state index in [9.17, 15) is 9.59 Å². The van der Waals surface area contributed by atoms with E-state index in [0.717, 1.165) is 28.9 Å². The van der Waals surface area contributed by atoms with E-state index >= 15 is 0 Å². The molecule has 1 saturated heterocycles. The fourth-order valence-electron chi connectivity index (χ4n) is 3.20. The Balaban J connectivity index is 1.73. The lowest BCUT2D eigenvalue weighted by Crippen LogP contribution is -2.28. The van der Waals surface area contributed by atoms with Crippen LogP contribution in [0.2, 0.25) is 0 Å². The van der Waals surface area contributed by atoms with Gasteiger partial charge < -0.3 is 10.2 Å². The van der Waals surface area contributed by atoms with Gasteiger partial charge in [0.25, 0.3) is 0 Å². The summed E-state index contributed by atoms with van der Waals surface area (Å²) in [5, 5.41) is 2.99. The van der Waals surface area contributed by atoms with Crippen molar-refractivity contribution in [2.24, 2.45) is 5.92 Å². The third-order valence-corrected chi connectivity index (χ3v) is 4.99. The Kier molecular flexibility index (Phi) is 4.88. The summed E-state index contributed by atoms with van der Waals surface area (Å²) < 4.78 is 0. The Morgan fingerprint density at radius 1 is 1.20 bits per heavy atom. The number of nitrogens with zero attached hydrogens (tertiary/aromatic N) is 1. The van der Waals surface area contributed by atoms with Crippen molar-refractivity contribution in [1.29, 1.82) is 0 Å². The van der Waals surface area contributed by atoms with Crippen LogP contribution in [0.15, 0.2) is 42.5 Å². The number of nitrogens with one attached hydrogen (secondary N) is 1. The summed E-state index contributed by atoms with van der Waals surface area (Å²) in [4.78, 5) is 26.8. The maximum atomic E-state index is 12.6. The Bertz CT molecular complexity index is 813. The van der Waals surface area contributed by atoms with Gasteiger partial charge in [0.15, 0.2) is 0 Å². The highest BCUT2D eigenvalue weighted by atomic mass is 16.2. The number of hydrogen-bond acceptors (Lipinski definition) is 2. The highest BCUT2D eigenvalue weighted by Crippen LogP contribution is 2.27. The van der Waals surface area contributed by atoms with Crippen LogP contribution in [0.5, 0.6) is 0 Å². The summed E-state index contributed by atoms with van der Waals surface area (Å²) in [6, 6.07) is 13.8. The first-order chi connectivity index (χ1) is 12.0. The van der Waals surface area contributed by atoms with Crippen LogP contribution in [0.1, 0.15) is 30.0 Å². The van der Waals surface area contributed by atoms with Gasteiger partial charge in [0.1, 0.15) is 0 Å². The van der Waals surface area contributed by atoms with Crippen molar-refractivity contribution in [2.45, 2.75) is 33.6 Å². The molecule has 0 aromatic heterocycles. The predicted octanol–water partition coefficient (Wildman–Crippen LogP) is 3.86. The number of aryl methyl sites for hydroxylation is 2. The maximum Gasteiger partial charge on any atom is 0.229 e. The number of anilines is 2. The van der Waals surface area contributed by atoms with Crippen molar-refractivity contribution in [3.63, 3.8) is 0 Å². The molecule has 0 aliphatic carbocycles. The van der Waals surface area contributed by atoms with E-state index in [1.807, 2.05) is 50.2 Å². The van der Waals surface area contributed by atoms with E-state index in [-0.39, 0.29) is 24.2 Å². The van der Waals surface area contributed by atoms with Crippen molar-refractivity contribution in [1.82, 2.24) is 0 Å². The molecule has 3 rings (SSSR count). The maximum absolute atomic E-state index is 12.6. The van der Waals surface area contributed by atoms with Gasteiger partial charge in [-0.3, -0.25) is 9.59 Å². The average Bonchev–Trinajstić information content (AvgIpc) is 3.01. The number of hydrogen-bond donors (Lipinski definition) is 1. The summed E-state index contributed by atoms with van der Waals surface area (Å²) in [6.45, 7) is 6.54. The Morgan fingerprint density at radius 2 is 1.96 bits per heavy atom. The molecule has 0 saturated carbocycles. The van der Waals surface area contributed by atoms with Crippen LogP contribution in [-0.4, -0.2) is 18.4 Å². The first-order valence-corrected chi connectivity index (χ1v) is 8.76. The molecule has 1 N–H and O–H groups in total. The second kappa shape index (κ2) is 7.09. The first-order valence-electron chi connectivity index (χ1n) is 8.76. The van der Waals surface area contributed by atoms with Gasteiger partial charge in [0.2, 0.25) is 11.8 Å². The highest BCUT2D eigenvalue weighted by molar-refractivity contribution is 6.03. The van der Waals surface area contributed by atoms with Gasteiger partial charge in [-0.1, -0.05) is 31.2 Å². The largest absolute Gasteiger partial charge is 0.326 e. The van der Waals surface area contributed by atoms with Gasteiger partial charge in [-0.15, -0.1) is 0 Å². The molecule has 4 nitrogen and oxygen atoms in total. The fraction of sp³-hybridized carbons (Fsp3) is 0.333. The van der Waals surface area contributed by atoms with Crippen LogP contribution < -0.4 is 10.2 Å². The minimum atomic E-state index is -0.322. The van der Waals surface area contributed by atoms with E-state index in [4.69, 9.17) is 0 Å². The topological polar surface area (TPSA) is 49.4 Å². The van der Waals surface area contributed by atoms with Gasteiger partial charge in [0.05, 0.1) is 5.92 Å². The molecule has 2 aromatic rings. The molecule has 1 aliphatic heterocycles. The molecule has 2 aromatic carbocycles. The van der Waals surface area contributed by atoms with Crippen LogP contribution in [0.3, 0.4) is 0 Å². The zero-order valence-corrected chi connectivity index (χ0v) is 15.0. The second-order valence-electron chi connectivity index (χ2n) is 6.67. The summed E-state index contributed by atoms with van der Waals surface area (Å²) >= 11 is 0. The molecular formula is C21H24N2O2. The molecule has 4 heteroatoms. The Labute approximate surface area is 148 Å². The fourth-order valence-corrected chi connectivity index (χ4v) is 3.20. The molecule has 1 atom stereocenters. The minimum absolute atomic E-state index is 0.00867. The Hall–Kier alpha value is -2.62. The van der Waals surface area contributed by atoms with E-state index in [0.29, 0.717) is 6.54 Å². The molecule has 0 spiro atoms. The highest BCUT2D eigenvalue weighted by Gasteiger charge is 2.35. The van der Waals surface area contributed by atoms with Gasteiger partial charge in [0, 0.05) is 24.3 Å². The number of benzene rings is 2. The summed E-state index contributed by atoms with van der Waals surface area (Å²) in [7, 11) is 0. The van der Waals surface area contributed by atoms with Gasteiger partial charge in [-0.05, 0) is 55.2 Å². The first kappa shape index (κ1) is 17.2. The lowest BCUT2D eigenvalue weighted by atomic mass is 10.1. The molecule has 1 aliphatic rings. The summed E-state index contributed by atoms with van der Waals surface area (Å²) in [6.07, 6.45) is 1.18. The van der Waals surface area contributed by atoms with Crippen molar-refractivity contribution in [3.05, 3.63) is 59.2 Å². The third-order valence-electron chi connectivity index (χ3n) is 4.99. The number of amides is 2. The number of carbonyl (C=O) groups is 2. The van der Waals surface area contributed by atoms with Crippen molar-refractivity contribution in [2.75, 3.05) is 16.8 Å². The van der Waals surface area contributed by atoms with Crippen molar-refractivity contribution in [3.8, 4) is 0 Å². The monoisotopic (exact) mass is 336 g/mol. The molecular weight excluding hydrogens is 312 g/mol. The molecule has 1 heterocycles. The van der Waals surface area contributed by atoms with Crippen LogP contribution in [-0.2, 0) is 16.0 Å². The molecule has 0 radical (unpaired) electrons. The van der Waals surface area contributed by atoms with Crippen molar-refractivity contribution >= 4 is 23.2 Å². The lowest BCUT2D eigenvalue weighted by molar-refractivity contribution is -0.122. The van der Waals surface area contributed by atoms with Crippen LogP contribution in [0, 0.1) is 19.8 Å².